The molecule has 4 heterocycles. The molecule has 5 aromatic rings. The van der Waals surface area contributed by atoms with Gasteiger partial charge in [-0.25, -0.2) is 4.98 Å². The van der Waals surface area contributed by atoms with Gasteiger partial charge in [0, 0.05) is 67.8 Å². The van der Waals surface area contributed by atoms with Crippen LogP contribution in [0.15, 0.2) is 73.3 Å². The lowest BCUT2D eigenvalue weighted by Gasteiger charge is -2.32. The first-order chi connectivity index (χ1) is 17.7. The fourth-order valence-corrected chi connectivity index (χ4v) is 4.87. The number of morpholine rings is 1. The lowest BCUT2D eigenvalue weighted by atomic mass is 9.99. The summed E-state index contributed by atoms with van der Waals surface area (Å²) in [6.07, 6.45) is 7.34. The van der Waals surface area contributed by atoms with Gasteiger partial charge in [0.25, 0.3) is 0 Å². The number of fused-ring (bicyclic) bond motifs is 2. The smallest absolute Gasteiger partial charge is 0.212 e. The molecule has 182 valence electrons. The molecule has 2 aromatic carbocycles. The van der Waals surface area contributed by atoms with E-state index in [9.17, 15) is 0 Å². The standard InChI is InChI=1S/C28H28N6O2/c1-34-11-7-18-3-4-19(13-24(18)34)22-14-21(15-23-28(22)31-9-8-30-23)33-27(25-17-29-10-12-36-25)20-5-6-26(35-2)32-16-20/h3-9,11,13-16,25,27,29,33H,10,12,17H2,1-2H3. The lowest BCUT2D eigenvalue weighted by Crippen LogP contribution is -2.44. The first-order valence-electron chi connectivity index (χ1n) is 12.1. The van der Waals surface area contributed by atoms with Crippen molar-refractivity contribution < 1.29 is 9.47 Å². The second-order valence-electron chi connectivity index (χ2n) is 9.02. The van der Waals surface area contributed by atoms with E-state index in [1.807, 2.05) is 24.4 Å². The zero-order chi connectivity index (χ0) is 24.5. The molecule has 8 nitrogen and oxygen atoms in total. The fraction of sp³-hybridized carbons (Fsp3) is 0.250. The van der Waals surface area contributed by atoms with Crippen LogP contribution >= 0.6 is 0 Å². The molecule has 8 heteroatoms. The van der Waals surface area contributed by atoms with Gasteiger partial charge in [0.1, 0.15) is 0 Å². The van der Waals surface area contributed by atoms with Gasteiger partial charge in [0.05, 0.1) is 36.9 Å². The molecule has 2 unspecified atom stereocenters. The molecule has 1 aliphatic rings. The Morgan fingerprint density at radius 2 is 2.00 bits per heavy atom. The van der Waals surface area contributed by atoms with Crippen LogP contribution < -0.4 is 15.4 Å². The van der Waals surface area contributed by atoms with E-state index in [1.165, 1.54) is 10.9 Å². The van der Waals surface area contributed by atoms with E-state index in [-0.39, 0.29) is 12.1 Å². The number of aryl methyl sites for hydroxylation is 1. The van der Waals surface area contributed by atoms with Gasteiger partial charge in [-0.05, 0) is 46.8 Å². The normalized spacial score (nSPS) is 16.8. The van der Waals surface area contributed by atoms with Crippen molar-refractivity contribution >= 4 is 27.6 Å². The van der Waals surface area contributed by atoms with Gasteiger partial charge < -0.3 is 24.7 Å². The van der Waals surface area contributed by atoms with Crippen molar-refractivity contribution in [3.63, 3.8) is 0 Å². The Morgan fingerprint density at radius 3 is 2.81 bits per heavy atom. The summed E-state index contributed by atoms with van der Waals surface area (Å²) in [5.74, 6) is 0.583. The number of hydrogen-bond donors (Lipinski definition) is 2. The van der Waals surface area contributed by atoms with Crippen LogP contribution in [-0.2, 0) is 11.8 Å². The van der Waals surface area contributed by atoms with Gasteiger partial charge in [-0.15, -0.1) is 0 Å². The van der Waals surface area contributed by atoms with Crippen LogP contribution in [0.2, 0.25) is 0 Å². The van der Waals surface area contributed by atoms with Crippen LogP contribution in [0, 0.1) is 0 Å². The lowest BCUT2D eigenvalue weighted by molar-refractivity contribution is 0.0164. The molecule has 36 heavy (non-hydrogen) atoms. The topological polar surface area (TPSA) is 86.1 Å². The number of benzene rings is 2. The molecule has 0 aliphatic carbocycles. The highest BCUT2D eigenvalue weighted by atomic mass is 16.5. The van der Waals surface area contributed by atoms with Gasteiger partial charge in [0.2, 0.25) is 5.88 Å². The molecule has 2 N–H and O–H groups in total. The highest BCUT2D eigenvalue weighted by Crippen LogP contribution is 2.34. The van der Waals surface area contributed by atoms with Crippen LogP contribution in [0.3, 0.4) is 0 Å². The quantitative estimate of drug-likeness (QED) is 0.374. The largest absolute Gasteiger partial charge is 0.481 e. The van der Waals surface area contributed by atoms with E-state index >= 15 is 0 Å². The first-order valence-corrected chi connectivity index (χ1v) is 12.1. The molecule has 1 saturated heterocycles. The monoisotopic (exact) mass is 480 g/mol. The van der Waals surface area contributed by atoms with Crippen molar-refractivity contribution in [2.75, 3.05) is 32.1 Å². The molecule has 0 radical (unpaired) electrons. The summed E-state index contributed by atoms with van der Waals surface area (Å²) in [5.41, 5.74) is 6.97. The summed E-state index contributed by atoms with van der Waals surface area (Å²) in [6, 6.07) is 16.6. The Kier molecular flexibility index (Phi) is 5.96. The molecule has 6 rings (SSSR count). The van der Waals surface area contributed by atoms with Crippen molar-refractivity contribution in [1.82, 2.24) is 24.8 Å². The number of anilines is 1. The fourth-order valence-electron chi connectivity index (χ4n) is 4.87. The average Bonchev–Trinajstić information content (AvgIpc) is 3.31. The molecular weight excluding hydrogens is 452 g/mol. The minimum atomic E-state index is -0.117. The molecular formula is C28H28N6O2. The van der Waals surface area contributed by atoms with Crippen molar-refractivity contribution in [1.29, 1.82) is 0 Å². The van der Waals surface area contributed by atoms with Gasteiger partial charge >= 0.3 is 0 Å². The summed E-state index contributed by atoms with van der Waals surface area (Å²) in [7, 11) is 3.68. The number of nitrogens with zero attached hydrogens (tertiary/aromatic N) is 4. The van der Waals surface area contributed by atoms with Crippen molar-refractivity contribution in [3.05, 3.63) is 78.9 Å². The van der Waals surface area contributed by atoms with Crippen LogP contribution in [0.1, 0.15) is 11.6 Å². The van der Waals surface area contributed by atoms with Gasteiger partial charge in [-0.3, -0.25) is 9.97 Å². The second-order valence-corrected chi connectivity index (χ2v) is 9.02. The van der Waals surface area contributed by atoms with E-state index in [0.717, 1.165) is 46.5 Å². The molecule has 1 aliphatic heterocycles. The molecule has 1 fully saturated rings. The van der Waals surface area contributed by atoms with Gasteiger partial charge in [-0.1, -0.05) is 12.1 Å². The predicted octanol–water partition coefficient (Wildman–Crippen LogP) is 4.33. The Labute approximate surface area is 209 Å². The van der Waals surface area contributed by atoms with Crippen LogP contribution in [0.5, 0.6) is 5.88 Å². The third-order valence-corrected chi connectivity index (χ3v) is 6.75. The van der Waals surface area contributed by atoms with E-state index in [4.69, 9.17) is 9.47 Å². The number of hydrogen-bond acceptors (Lipinski definition) is 7. The Bertz CT molecular complexity index is 1510. The number of nitrogens with one attached hydrogen (secondary N) is 2. The van der Waals surface area contributed by atoms with E-state index < -0.39 is 0 Å². The van der Waals surface area contributed by atoms with Crippen molar-refractivity contribution in [3.8, 4) is 17.0 Å². The van der Waals surface area contributed by atoms with E-state index in [0.29, 0.717) is 12.5 Å². The SMILES string of the molecule is COc1ccc(C(Nc2cc(-c3ccc4ccn(C)c4c3)c3nccnc3c2)C2CNCCO2)cn1. The number of ether oxygens (including phenoxy) is 2. The molecule has 2 atom stereocenters. The maximum absolute atomic E-state index is 6.16. The zero-order valence-electron chi connectivity index (χ0n) is 20.3. The second kappa shape index (κ2) is 9.56. The van der Waals surface area contributed by atoms with Crippen molar-refractivity contribution in [2.45, 2.75) is 12.1 Å². The average molecular weight is 481 g/mol. The third kappa shape index (κ3) is 4.25. The van der Waals surface area contributed by atoms with E-state index in [1.54, 1.807) is 19.5 Å². The minimum absolute atomic E-state index is 0.0605. The Hall–Kier alpha value is -4.01. The highest BCUT2D eigenvalue weighted by Gasteiger charge is 2.27. The highest BCUT2D eigenvalue weighted by molar-refractivity contribution is 5.97. The number of pyridine rings is 1. The maximum Gasteiger partial charge on any atom is 0.212 e. The zero-order valence-corrected chi connectivity index (χ0v) is 20.3. The van der Waals surface area contributed by atoms with Crippen LogP contribution in [-0.4, -0.2) is 52.4 Å². The number of methoxy groups -OCH3 is 1. The summed E-state index contributed by atoms with van der Waals surface area (Å²) < 4.78 is 13.6. The molecule has 0 saturated carbocycles. The molecule has 0 spiro atoms. The van der Waals surface area contributed by atoms with E-state index in [2.05, 4.69) is 73.7 Å². The molecule has 0 amide bonds. The van der Waals surface area contributed by atoms with Gasteiger partial charge in [0.15, 0.2) is 0 Å². The predicted molar refractivity (Wildman–Crippen MR) is 141 cm³/mol. The third-order valence-electron chi connectivity index (χ3n) is 6.75. The maximum atomic E-state index is 6.16. The molecule has 3 aromatic heterocycles. The number of aromatic nitrogens is 4. The summed E-state index contributed by atoms with van der Waals surface area (Å²) in [4.78, 5) is 13.8. The van der Waals surface area contributed by atoms with Gasteiger partial charge in [-0.2, -0.15) is 0 Å². The van der Waals surface area contributed by atoms with Crippen molar-refractivity contribution in [2.24, 2.45) is 7.05 Å². The van der Waals surface area contributed by atoms with Crippen LogP contribution in [0.4, 0.5) is 5.69 Å². The summed E-state index contributed by atoms with van der Waals surface area (Å²) in [5, 5.41) is 8.38. The molecule has 0 bridgehead atoms. The summed E-state index contributed by atoms with van der Waals surface area (Å²) >= 11 is 0. The minimum Gasteiger partial charge on any atom is -0.481 e. The summed E-state index contributed by atoms with van der Waals surface area (Å²) in [6.45, 7) is 2.26. The first kappa shape index (κ1) is 22.5. The Balaban J connectivity index is 1.44. The number of rotatable bonds is 6. The Morgan fingerprint density at radius 1 is 1.08 bits per heavy atom. The van der Waals surface area contributed by atoms with Crippen LogP contribution in [0.25, 0.3) is 33.1 Å².